The molecule has 0 unspecified atom stereocenters. The lowest BCUT2D eigenvalue weighted by Gasteiger charge is -2.26. The number of rotatable bonds is 4. The molecular weight excluding hydrogens is 420 g/mol. The second kappa shape index (κ2) is 8.04. The van der Waals surface area contributed by atoms with E-state index < -0.39 is 0 Å². The smallest absolute Gasteiger partial charge is 0.258 e. The van der Waals surface area contributed by atoms with E-state index in [9.17, 15) is 9.59 Å². The Labute approximate surface area is 181 Å². The predicted octanol–water partition coefficient (Wildman–Crippen LogP) is 4.41. The van der Waals surface area contributed by atoms with Gasteiger partial charge in [-0.15, -0.1) is 23.1 Å². The molecule has 152 valence electrons. The van der Waals surface area contributed by atoms with Gasteiger partial charge in [-0.2, -0.15) is 0 Å². The van der Waals surface area contributed by atoms with Gasteiger partial charge in [0.2, 0.25) is 5.91 Å². The Bertz CT molecular complexity index is 1110. The van der Waals surface area contributed by atoms with Gasteiger partial charge in [-0.1, -0.05) is 6.07 Å². The molecule has 0 atom stereocenters. The molecule has 5 rings (SSSR count). The second-order valence-corrected chi connectivity index (χ2v) is 8.90. The molecule has 2 amide bonds. The van der Waals surface area contributed by atoms with Crippen molar-refractivity contribution in [1.29, 1.82) is 0 Å². The molecule has 2 aliphatic heterocycles. The van der Waals surface area contributed by atoms with E-state index in [-0.39, 0.29) is 11.8 Å². The fourth-order valence-corrected chi connectivity index (χ4v) is 4.89. The van der Waals surface area contributed by atoms with Crippen LogP contribution in [0.1, 0.15) is 15.2 Å². The quantitative estimate of drug-likeness (QED) is 0.654. The van der Waals surface area contributed by atoms with E-state index in [1.807, 2.05) is 47.8 Å². The Hall–Kier alpha value is -2.97. The number of amides is 2. The number of thiophene rings is 1. The fourth-order valence-electron chi connectivity index (χ4n) is 3.41. The molecule has 30 heavy (non-hydrogen) atoms. The van der Waals surface area contributed by atoms with E-state index in [2.05, 4.69) is 5.32 Å². The lowest BCUT2D eigenvalue weighted by molar-refractivity contribution is -0.113. The number of carbonyl (C=O) groups excluding carboxylic acids is 2. The summed E-state index contributed by atoms with van der Waals surface area (Å²) in [4.78, 5) is 29.1. The number of benzene rings is 2. The van der Waals surface area contributed by atoms with Crippen LogP contribution in [-0.2, 0) is 11.3 Å². The number of hydrogen-bond donors (Lipinski definition) is 1. The number of nitrogens with zero attached hydrogens (tertiary/aromatic N) is 1. The van der Waals surface area contributed by atoms with Crippen molar-refractivity contribution in [2.75, 3.05) is 29.2 Å². The third-order valence-corrected chi connectivity index (χ3v) is 6.77. The molecule has 2 aromatic carbocycles. The summed E-state index contributed by atoms with van der Waals surface area (Å²) in [7, 11) is 0. The highest BCUT2D eigenvalue weighted by molar-refractivity contribution is 8.00. The Kier molecular flexibility index (Phi) is 5.10. The summed E-state index contributed by atoms with van der Waals surface area (Å²) in [5.74, 6) is 1.51. The van der Waals surface area contributed by atoms with Gasteiger partial charge in [-0.3, -0.25) is 9.59 Å². The van der Waals surface area contributed by atoms with Crippen LogP contribution in [0, 0.1) is 0 Å². The van der Waals surface area contributed by atoms with Crippen LogP contribution >= 0.6 is 23.1 Å². The summed E-state index contributed by atoms with van der Waals surface area (Å²) in [5.41, 5.74) is 1.93. The molecular formula is C22H18N2O4S2. The minimum atomic E-state index is -0.146. The van der Waals surface area contributed by atoms with Crippen LogP contribution in [0.25, 0.3) is 0 Å². The van der Waals surface area contributed by atoms with Crippen molar-refractivity contribution in [3.63, 3.8) is 0 Å². The molecule has 6 nitrogen and oxygen atoms in total. The van der Waals surface area contributed by atoms with Gasteiger partial charge in [0.15, 0.2) is 11.5 Å². The van der Waals surface area contributed by atoms with Crippen LogP contribution in [0.3, 0.4) is 0 Å². The summed E-state index contributed by atoms with van der Waals surface area (Å²) in [6.07, 6.45) is 0. The Morgan fingerprint density at radius 1 is 1.07 bits per heavy atom. The topological polar surface area (TPSA) is 67.9 Å². The van der Waals surface area contributed by atoms with E-state index in [0.29, 0.717) is 48.3 Å². The number of nitrogens with one attached hydrogen (secondary N) is 1. The molecule has 3 aromatic rings. The van der Waals surface area contributed by atoms with Crippen LogP contribution in [0.15, 0.2) is 58.8 Å². The first-order valence-electron chi connectivity index (χ1n) is 9.48. The third kappa shape index (κ3) is 3.76. The lowest BCUT2D eigenvalue weighted by Crippen LogP contribution is -2.30. The van der Waals surface area contributed by atoms with Gasteiger partial charge in [0.1, 0.15) is 13.2 Å². The molecule has 0 saturated heterocycles. The van der Waals surface area contributed by atoms with Crippen molar-refractivity contribution in [1.82, 2.24) is 0 Å². The Balaban J connectivity index is 1.51. The first-order chi connectivity index (χ1) is 14.7. The van der Waals surface area contributed by atoms with Crippen molar-refractivity contribution < 1.29 is 19.1 Å². The largest absolute Gasteiger partial charge is 0.486 e. The minimum Gasteiger partial charge on any atom is -0.486 e. The molecule has 0 radical (unpaired) electrons. The van der Waals surface area contributed by atoms with Gasteiger partial charge < -0.3 is 19.7 Å². The molecule has 3 heterocycles. The van der Waals surface area contributed by atoms with Crippen LogP contribution in [0.4, 0.5) is 11.4 Å². The maximum Gasteiger partial charge on any atom is 0.258 e. The number of fused-ring (bicyclic) bond motifs is 2. The van der Waals surface area contributed by atoms with Gasteiger partial charge in [-0.25, -0.2) is 0 Å². The van der Waals surface area contributed by atoms with Crippen molar-refractivity contribution in [2.45, 2.75) is 11.4 Å². The number of carbonyl (C=O) groups is 2. The summed E-state index contributed by atoms with van der Waals surface area (Å²) in [5, 5.41) is 4.85. The van der Waals surface area contributed by atoms with Gasteiger partial charge in [0, 0.05) is 27.1 Å². The summed E-state index contributed by atoms with van der Waals surface area (Å²) in [6.45, 7) is 1.44. The van der Waals surface area contributed by atoms with E-state index >= 15 is 0 Å². The summed E-state index contributed by atoms with van der Waals surface area (Å²) < 4.78 is 11.3. The summed E-state index contributed by atoms with van der Waals surface area (Å²) in [6, 6.07) is 15.0. The molecule has 1 aromatic heterocycles. The molecule has 1 N–H and O–H groups in total. The molecule has 8 heteroatoms. The Morgan fingerprint density at radius 3 is 2.77 bits per heavy atom. The highest BCUT2D eigenvalue weighted by atomic mass is 32.2. The van der Waals surface area contributed by atoms with Crippen molar-refractivity contribution in [3.8, 4) is 11.5 Å². The first-order valence-corrected chi connectivity index (χ1v) is 11.3. The summed E-state index contributed by atoms with van der Waals surface area (Å²) >= 11 is 3.08. The molecule has 2 aliphatic rings. The number of thioether (sulfide) groups is 1. The highest BCUT2D eigenvalue weighted by Gasteiger charge is 2.24. The zero-order valence-electron chi connectivity index (χ0n) is 15.9. The lowest BCUT2D eigenvalue weighted by atomic mass is 10.1. The molecule has 0 spiro atoms. The van der Waals surface area contributed by atoms with Gasteiger partial charge in [0.05, 0.1) is 18.0 Å². The van der Waals surface area contributed by atoms with Crippen LogP contribution < -0.4 is 19.7 Å². The first kappa shape index (κ1) is 19.0. The number of anilines is 2. The fraction of sp³-hybridized carbons (Fsp3) is 0.182. The molecule has 0 saturated carbocycles. The maximum atomic E-state index is 13.5. The van der Waals surface area contributed by atoms with E-state index in [1.165, 1.54) is 11.8 Å². The SMILES string of the molecule is O=C1CSc2ccc(C(=O)N(Cc3cccs3)c3ccc4c(c3)OCCO4)cc2N1. The van der Waals surface area contributed by atoms with E-state index in [4.69, 9.17) is 9.47 Å². The van der Waals surface area contributed by atoms with Gasteiger partial charge >= 0.3 is 0 Å². The molecule has 0 fully saturated rings. The van der Waals surface area contributed by atoms with Gasteiger partial charge in [-0.05, 0) is 41.8 Å². The number of ether oxygens (including phenoxy) is 2. The van der Waals surface area contributed by atoms with Gasteiger partial charge in [0.25, 0.3) is 5.91 Å². The second-order valence-electron chi connectivity index (χ2n) is 6.85. The highest BCUT2D eigenvalue weighted by Crippen LogP contribution is 2.36. The zero-order valence-corrected chi connectivity index (χ0v) is 17.6. The van der Waals surface area contributed by atoms with Crippen molar-refractivity contribution >= 4 is 46.3 Å². The van der Waals surface area contributed by atoms with Crippen molar-refractivity contribution in [2.24, 2.45) is 0 Å². The van der Waals surface area contributed by atoms with E-state index in [0.717, 1.165) is 15.5 Å². The Morgan fingerprint density at radius 2 is 1.93 bits per heavy atom. The minimum absolute atomic E-state index is 0.0561. The standard InChI is InChI=1S/C22H18N2O4S2/c25-21-13-30-20-6-3-14(10-17(20)23-21)22(26)24(12-16-2-1-9-29-16)15-4-5-18-19(11-15)28-8-7-27-18/h1-6,9-11H,7-8,12-13H2,(H,23,25). The van der Waals surface area contributed by atoms with Crippen LogP contribution in [-0.4, -0.2) is 30.8 Å². The zero-order chi connectivity index (χ0) is 20.5. The van der Waals surface area contributed by atoms with Crippen LogP contribution in [0.2, 0.25) is 0 Å². The monoisotopic (exact) mass is 438 g/mol. The third-order valence-electron chi connectivity index (χ3n) is 4.84. The van der Waals surface area contributed by atoms with Crippen LogP contribution in [0.5, 0.6) is 11.5 Å². The maximum absolute atomic E-state index is 13.5. The predicted molar refractivity (Wildman–Crippen MR) is 118 cm³/mol. The average Bonchev–Trinajstić information content (AvgIpc) is 3.29. The number of hydrogen-bond acceptors (Lipinski definition) is 6. The molecule has 0 aliphatic carbocycles. The van der Waals surface area contributed by atoms with E-state index in [1.54, 1.807) is 22.3 Å². The normalized spacial score (nSPS) is 14.6. The van der Waals surface area contributed by atoms with Crippen molar-refractivity contribution in [3.05, 3.63) is 64.4 Å². The molecule has 0 bridgehead atoms. The average molecular weight is 439 g/mol.